The van der Waals surface area contributed by atoms with E-state index >= 15 is 0 Å². The molecule has 1 aromatic heterocycles. The zero-order valence-corrected chi connectivity index (χ0v) is 29.5. The van der Waals surface area contributed by atoms with Gasteiger partial charge in [-0.15, -0.1) is 0 Å². The number of aromatic nitrogens is 3. The minimum absolute atomic E-state index is 0.0399. The third kappa shape index (κ3) is 11.3. The lowest BCUT2D eigenvalue weighted by atomic mass is 10.1. The summed E-state index contributed by atoms with van der Waals surface area (Å²) in [6, 6.07) is 17.8. The summed E-state index contributed by atoms with van der Waals surface area (Å²) in [6.45, 7) is -1.82. The number of ketones is 1. The van der Waals surface area contributed by atoms with Crippen LogP contribution < -0.4 is 30.7 Å². The van der Waals surface area contributed by atoms with Crippen LogP contribution in [-0.4, -0.2) is 76.1 Å². The molecule has 0 spiro atoms. The molecule has 0 unspecified atom stereocenters. The Balaban J connectivity index is 1.16. The molecule has 1 aliphatic rings. The number of methoxy groups -OCH3 is 1. The second kappa shape index (κ2) is 17.2. The summed E-state index contributed by atoms with van der Waals surface area (Å²) >= 11 is 6.02. The molecule has 1 atom stereocenters. The quantitative estimate of drug-likeness (QED) is 0.0831. The topological polar surface area (TPSA) is 194 Å². The van der Waals surface area contributed by atoms with Crippen LogP contribution in [0.25, 0.3) is 0 Å². The van der Waals surface area contributed by atoms with Crippen molar-refractivity contribution < 1.29 is 46.9 Å². The fourth-order valence-electron chi connectivity index (χ4n) is 5.20. The lowest BCUT2D eigenvalue weighted by Crippen LogP contribution is -2.43. The van der Waals surface area contributed by atoms with Crippen LogP contribution in [-0.2, 0) is 26.3 Å². The SMILES string of the molecule is COc1ccc(CCC(=O)C(=O)NCC[C@H](NC(=O)c2ccc(Nc3nc(NC4(c5ccc(Cl)cc5)CC4)nc(OCC(F)(F)F)n3)cc2)C(=O)O)cc1. The molecule has 0 radical (unpaired) electrons. The molecule has 5 rings (SSSR count). The number of rotatable bonds is 18. The molecule has 5 N–H and O–H groups in total. The van der Waals surface area contributed by atoms with Gasteiger partial charge in [0.15, 0.2) is 6.61 Å². The molecule has 0 aliphatic heterocycles. The largest absolute Gasteiger partial charge is 0.497 e. The number of carbonyl (C=O) groups excluding carboxylic acids is 3. The molecule has 1 fully saturated rings. The highest BCUT2D eigenvalue weighted by Crippen LogP contribution is 2.48. The number of ether oxygens (including phenoxy) is 2. The molecular weight excluding hydrogens is 735 g/mol. The number of halogens is 4. The Morgan fingerprint density at radius 2 is 1.59 bits per heavy atom. The van der Waals surface area contributed by atoms with Crippen LogP contribution in [0.5, 0.6) is 11.8 Å². The minimum atomic E-state index is -4.64. The van der Waals surface area contributed by atoms with Gasteiger partial charge in [0.05, 0.1) is 12.6 Å². The van der Waals surface area contributed by atoms with Gasteiger partial charge in [-0.25, -0.2) is 4.79 Å². The van der Waals surface area contributed by atoms with Crippen molar-refractivity contribution in [1.82, 2.24) is 25.6 Å². The Morgan fingerprint density at radius 1 is 0.926 bits per heavy atom. The van der Waals surface area contributed by atoms with E-state index < -0.39 is 53.9 Å². The fraction of sp³-hybridized carbons (Fsp3) is 0.306. The monoisotopic (exact) mass is 769 g/mol. The highest BCUT2D eigenvalue weighted by Gasteiger charge is 2.45. The first-order valence-electron chi connectivity index (χ1n) is 16.6. The standard InChI is InChI=1S/C36H35ClF3N7O7/c1-53-26-13-2-21(3-14-26)4-15-28(48)30(50)41-19-16-27(31(51)52)43-29(49)22-5-11-25(12-6-22)42-32-44-33(46-34(45-32)54-20-36(38,39)40)47-35(17-18-35)23-7-9-24(37)10-8-23/h2-3,5-14,27H,4,15-20H2,1H3,(H,41,50)(H,43,49)(H,51,52)(H2,42,44,45,46,47)/t27-/m0/s1. The highest BCUT2D eigenvalue weighted by atomic mass is 35.5. The van der Waals surface area contributed by atoms with E-state index in [4.69, 9.17) is 21.1 Å². The van der Waals surface area contributed by atoms with E-state index in [1.165, 1.54) is 31.4 Å². The summed E-state index contributed by atoms with van der Waals surface area (Å²) in [6.07, 6.45) is -3.16. The Morgan fingerprint density at radius 3 is 2.20 bits per heavy atom. The molecule has 2 amide bonds. The fourth-order valence-corrected chi connectivity index (χ4v) is 5.32. The number of carbonyl (C=O) groups is 4. The number of carboxylic acids is 1. The number of alkyl halides is 3. The molecule has 1 heterocycles. The molecule has 0 bridgehead atoms. The number of aliphatic carboxylic acids is 1. The average Bonchev–Trinajstić information content (AvgIpc) is 3.93. The van der Waals surface area contributed by atoms with Crippen molar-refractivity contribution in [3.63, 3.8) is 0 Å². The molecule has 4 aromatic rings. The van der Waals surface area contributed by atoms with Gasteiger partial charge in [-0.1, -0.05) is 35.9 Å². The van der Waals surface area contributed by atoms with Crippen LogP contribution in [0.15, 0.2) is 72.8 Å². The maximum atomic E-state index is 12.9. The summed E-state index contributed by atoms with van der Waals surface area (Å²) < 4.78 is 48.7. The number of Topliss-reactive ketones (excluding diaryl/α,β-unsaturated/α-hetero) is 1. The lowest BCUT2D eigenvalue weighted by Gasteiger charge is -2.19. The first-order valence-corrected chi connectivity index (χ1v) is 16.9. The normalized spacial score (nSPS) is 13.6. The lowest BCUT2D eigenvalue weighted by molar-refractivity contribution is -0.154. The van der Waals surface area contributed by atoms with Crippen LogP contribution in [0, 0.1) is 0 Å². The molecule has 54 heavy (non-hydrogen) atoms. The second-order valence-corrected chi connectivity index (χ2v) is 12.7. The predicted octanol–water partition coefficient (Wildman–Crippen LogP) is 5.21. The maximum Gasteiger partial charge on any atom is 0.422 e. The van der Waals surface area contributed by atoms with Gasteiger partial charge in [0, 0.05) is 29.2 Å². The third-order valence-corrected chi connectivity index (χ3v) is 8.51. The highest BCUT2D eigenvalue weighted by molar-refractivity contribution is 6.36. The molecule has 14 nitrogen and oxygen atoms in total. The second-order valence-electron chi connectivity index (χ2n) is 12.3. The molecule has 284 valence electrons. The van der Waals surface area contributed by atoms with Gasteiger partial charge >= 0.3 is 18.2 Å². The maximum absolute atomic E-state index is 12.9. The Bertz CT molecular complexity index is 1960. The van der Waals surface area contributed by atoms with E-state index in [0.29, 0.717) is 35.7 Å². The van der Waals surface area contributed by atoms with Gasteiger partial charge in [-0.05, 0) is 85.3 Å². The number of anilines is 3. The van der Waals surface area contributed by atoms with Crippen molar-refractivity contribution in [3.05, 3.63) is 94.5 Å². The van der Waals surface area contributed by atoms with Gasteiger partial charge in [0.1, 0.15) is 11.8 Å². The molecule has 1 aliphatic carbocycles. The van der Waals surface area contributed by atoms with E-state index in [2.05, 4.69) is 36.2 Å². The Labute approximate surface area is 311 Å². The van der Waals surface area contributed by atoms with E-state index in [1.807, 2.05) is 12.1 Å². The number of hydrogen-bond donors (Lipinski definition) is 5. The number of amides is 2. The van der Waals surface area contributed by atoms with Crippen molar-refractivity contribution in [2.75, 3.05) is 30.9 Å². The van der Waals surface area contributed by atoms with Gasteiger partial charge < -0.3 is 35.8 Å². The van der Waals surface area contributed by atoms with Gasteiger partial charge in [0.2, 0.25) is 17.7 Å². The van der Waals surface area contributed by atoms with Crippen molar-refractivity contribution >= 4 is 52.8 Å². The van der Waals surface area contributed by atoms with E-state index in [1.54, 1.807) is 36.4 Å². The number of hydrogen-bond acceptors (Lipinski definition) is 11. The Kier molecular flexibility index (Phi) is 12.5. The molecular formula is C36H35ClF3N7O7. The van der Waals surface area contributed by atoms with Crippen LogP contribution in [0.3, 0.4) is 0 Å². The number of nitrogens with zero attached hydrogens (tertiary/aromatic N) is 3. The van der Waals surface area contributed by atoms with Gasteiger partial charge in [0.25, 0.3) is 11.8 Å². The zero-order chi connectivity index (χ0) is 38.9. The van der Waals surface area contributed by atoms with E-state index in [0.717, 1.165) is 11.1 Å². The molecule has 1 saturated carbocycles. The Hall–Kier alpha value is -5.97. The number of carboxylic acid groups (broad SMARTS) is 1. The molecule has 18 heteroatoms. The summed E-state index contributed by atoms with van der Waals surface area (Å²) in [5.41, 5.74) is 1.57. The average molecular weight is 770 g/mol. The number of benzene rings is 3. The zero-order valence-electron chi connectivity index (χ0n) is 28.7. The molecule has 0 saturated heterocycles. The molecule has 3 aromatic carbocycles. The smallest absolute Gasteiger partial charge is 0.422 e. The first kappa shape index (κ1) is 39.2. The van der Waals surface area contributed by atoms with Crippen molar-refractivity contribution in [2.45, 2.75) is 49.9 Å². The van der Waals surface area contributed by atoms with Crippen molar-refractivity contribution in [1.29, 1.82) is 0 Å². The van der Waals surface area contributed by atoms with Crippen LogP contribution in [0.4, 0.5) is 30.8 Å². The van der Waals surface area contributed by atoms with Crippen molar-refractivity contribution in [3.8, 4) is 11.8 Å². The van der Waals surface area contributed by atoms with Gasteiger partial charge in [-0.3, -0.25) is 14.4 Å². The minimum Gasteiger partial charge on any atom is -0.497 e. The third-order valence-electron chi connectivity index (χ3n) is 8.26. The summed E-state index contributed by atoms with van der Waals surface area (Å²) in [4.78, 5) is 61.6. The summed E-state index contributed by atoms with van der Waals surface area (Å²) in [5, 5.41) is 21.0. The van der Waals surface area contributed by atoms with Crippen LogP contribution >= 0.6 is 11.6 Å². The van der Waals surface area contributed by atoms with E-state index in [9.17, 15) is 37.5 Å². The summed E-state index contributed by atoms with van der Waals surface area (Å²) in [5.74, 6) is -3.16. The van der Waals surface area contributed by atoms with Crippen LogP contribution in [0.1, 0.15) is 47.2 Å². The van der Waals surface area contributed by atoms with Crippen molar-refractivity contribution in [2.24, 2.45) is 0 Å². The number of nitrogens with one attached hydrogen (secondary N) is 4. The predicted molar refractivity (Wildman–Crippen MR) is 190 cm³/mol. The summed E-state index contributed by atoms with van der Waals surface area (Å²) in [7, 11) is 1.53. The van der Waals surface area contributed by atoms with Crippen LogP contribution in [0.2, 0.25) is 5.02 Å². The first-order chi connectivity index (χ1) is 25.7. The van der Waals surface area contributed by atoms with Gasteiger partial charge in [-0.2, -0.15) is 28.1 Å². The number of aryl methyl sites for hydroxylation is 1. The van der Waals surface area contributed by atoms with E-state index in [-0.39, 0.29) is 36.8 Å².